The monoisotopic (exact) mass is 196 g/mol. The van der Waals surface area contributed by atoms with Crippen LogP contribution >= 0.6 is 0 Å². The Balaban J connectivity index is 2.58. The van der Waals surface area contributed by atoms with Crippen molar-refractivity contribution in [2.45, 2.75) is 32.4 Å². The van der Waals surface area contributed by atoms with E-state index in [-0.39, 0.29) is 11.9 Å². The van der Waals surface area contributed by atoms with Crippen molar-refractivity contribution in [1.29, 1.82) is 0 Å². The number of furan rings is 1. The normalized spacial score (nSPS) is 13.7. The summed E-state index contributed by atoms with van der Waals surface area (Å²) in [5.41, 5.74) is 4.78. The lowest BCUT2D eigenvalue weighted by Gasteiger charge is -2.20. The van der Waals surface area contributed by atoms with E-state index in [1.807, 2.05) is 13.0 Å². The van der Waals surface area contributed by atoms with Crippen LogP contribution in [0.3, 0.4) is 0 Å². The van der Waals surface area contributed by atoms with Gasteiger partial charge >= 0.3 is 0 Å². The fraction of sp³-hybridized carbons (Fsp3) is 0.500. The number of carbonyl (C=O) groups is 1. The number of carbonyl (C=O) groups excluding carboxylic acids is 1. The highest BCUT2D eigenvalue weighted by Crippen LogP contribution is 2.13. The number of nitrogens with one attached hydrogen (secondary N) is 1. The van der Waals surface area contributed by atoms with E-state index in [0.29, 0.717) is 0 Å². The molecule has 78 valence electrons. The third-order valence-corrected chi connectivity index (χ3v) is 1.90. The first kappa shape index (κ1) is 10.8. The number of hydrogen-bond acceptors (Lipinski definition) is 3. The number of nitrogens with two attached hydrogens (primary N) is 1. The van der Waals surface area contributed by atoms with Crippen LogP contribution in [0, 0.1) is 0 Å². The van der Waals surface area contributed by atoms with E-state index in [9.17, 15) is 4.79 Å². The average Bonchev–Trinajstić information content (AvgIpc) is 2.53. The number of amides is 1. The molecule has 0 unspecified atom stereocenters. The molecule has 4 heteroatoms. The van der Waals surface area contributed by atoms with Gasteiger partial charge in [-0.25, -0.2) is 0 Å². The molecule has 0 aliphatic rings. The van der Waals surface area contributed by atoms with E-state index in [1.165, 1.54) is 0 Å². The summed E-state index contributed by atoms with van der Waals surface area (Å²) < 4.78 is 5.15. The second-order valence-corrected chi connectivity index (χ2v) is 3.93. The van der Waals surface area contributed by atoms with Crippen LogP contribution in [-0.4, -0.2) is 11.4 Å². The topological polar surface area (TPSA) is 68.3 Å². The van der Waals surface area contributed by atoms with Gasteiger partial charge < -0.3 is 15.5 Å². The van der Waals surface area contributed by atoms with Crippen LogP contribution in [0.15, 0.2) is 22.8 Å². The maximum absolute atomic E-state index is 11.5. The lowest BCUT2D eigenvalue weighted by molar-refractivity contribution is -0.126. The zero-order chi connectivity index (χ0) is 10.8. The molecule has 0 fully saturated rings. The molecular formula is C10H16N2O2. The highest BCUT2D eigenvalue weighted by atomic mass is 16.3. The van der Waals surface area contributed by atoms with Crippen LogP contribution in [0.1, 0.15) is 32.6 Å². The molecule has 1 heterocycles. The van der Waals surface area contributed by atoms with Crippen LogP contribution in [0.25, 0.3) is 0 Å². The van der Waals surface area contributed by atoms with Gasteiger partial charge in [0.05, 0.1) is 17.8 Å². The second-order valence-electron chi connectivity index (χ2n) is 3.93. The molecule has 0 saturated carbocycles. The largest absolute Gasteiger partial charge is 0.467 e. The summed E-state index contributed by atoms with van der Waals surface area (Å²) in [6, 6.07) is 3.44. The first-order valence-electron chi connectivity index (χ1n) is 4.54. The van der Waals surface area contributed by atoms with Crippen molar-refractivity contribution < 1.29 is 9.21 Å². The molecule has 0 aromatic carbocycles. The molecule has 0 bridgehead atoms. The van der Waals surface area contributed by atoms with Crippen molar-refractivity contribution in [2.24, 2.45) is 5.73 Å². The van der Waals surface area contributed by atoms with Gasteiger partial charge in [0, 0.05) is 0 Å². The summed E-state index contributed by atoms with van der Waals surface area (Å²) in [5.74, 6) is 0.531. The minimum absolute atomic E-state index is 0.152. The van der Waals surface area contributed by atoms with Crippen LogP contribution in [0.4, 0.5) is 0 Å². The predicted molar refractivity (Wildman–Crippen MR) is 53.5 cm³/mol. The van der Waals surface area contributed by atoms with Gasteiger partial charge in [-0.15, -0.1) is 0 Å². The van der Waals surface area contributed by atoms with E-state index in [2.05, 4.69) is 5.32 Å². The number of hydrogen-bond donors (Lipinski definition) is 2. The lowest BCUT2D eigenvalue weighted by Crippen LogP contribution is -2.49. The van der Waals surface area contributed by atoms with Gasteiger partial charge in [0.15, 0.2) is 0 Å². The second kappa shape index (κ2) is 3.84. The zero-order valence-electron chi connectivity index (χ0n) is 8.70. The summed E-state index contributed by atoms with van der Waals surface area (Å²) in [6.07, 6.45) is 1.57. The molecule has 0 aliphatic carbocycles. The number of rotatable bonds is 3. The van der Waals surface area contributed by atoms with Gasteiger partial charge in [-0.2, -0.15) is 0 Å². The first-order chi connectivity index (χ1) is 6.41. The molecule has 0 saturated heterocycles. The molecule has 0 spiro atoms. The van der Waals surface area contributed by atoms with E-state index < -0.39 is 5.54 Å². The van der Waals surface area contributed by atoms with Crippen molar-refractivity contribution in [3.63, 3.8) is 0 Å². The third-order valence-electron chi connectivity index (χ3n) is 1.90. The minimum atomic E-state index is -0.860. The van der Waals surface area contributed by atoms with E-state index in [4.69, 9.17) is 10.2 Å². The maximum atomic E-state index is 11.5. The molecule has 1 rings (SSSR count). The van der Waals surface area contributed by atoms with Crippen LogP contribution < -0.4 is 11.1 Å². The van der Waals surface area contributed by atoms with Gasteiger partial charge in [0.2, 0.25) is 5.91 Å². The molecule has 1 aromatic rings. The van der Waals surface area contributed by atoms with Crippen molar-refractivity contribution >= 4 is 5.91 Å². The molecular weight excluding hydrogens is 180 g/mol. The highest BCUT2D eigenvalue weighted by molar-refractivity contribution is 5.85. The lowest BCUT2D eigenvalue weighted by atomic mass is 10.1. The quantitative estimate of drug-likeness (QED) is 0.763. The summed E-state index contributed by atoms with van der Waals surface area (Å²) >= 11 is 0. The van der Waals surface area contributed by atoms with Crippen molar-refractivity contribution in [1.82, 2.24) is 5.32 Å². The Kier molecular flexibility index (Phi) is 2.96. The molecule has 1 aromatic heterocycles. The van der Waals surface area contributed by atoms with E-state index >= 15 is 0 Å². The summed E-state index contributed by atoms with van der Waals surface area (Å²) in [6.45, 7) is 5.18. The SMILES string of the molecule is C[C@H](NC(=O)C(C)(C)N)c1ccco1. The summed E-state index contributed by atoms with van der Waals surface area (Å²) in [5, 5.41) is 2.76. The summed E-state index contributed by atoms with van der Waals surface area (Å²) in [7, 11) is 0. The Morgan fingerprint density at radius 2 is 2.29 bits per heavy atom. The fourth-order valence-electron chi connectivity index (χ4n) is 0.991. The van der Waals surface area contributed by atoms with Gasteiger partial charge in [-0.3, -0.25) is 4.79 Å². The van der Waals surface area contributed by atoms with Gasteiger partial charge in [-0.1, -0.05) is 0 Å². The Morgan fingerprint density at radius 1 is 1.64 bits per heavy atom. The van der Waals surface area contributed by atoms with Crippen molar-refractivity contribution in [3.8, 4) is 0 Å². The molecule has 3 N–H and O–H groups in total. The zero-order valence-corrected chi connectivity index (χ0v) is 8.70. The van der Waals surface area contributed by atoms with E-state index in [1.54, 1.807) is 26.2 Å². The van der Waals surface area contributed by atoms with Gasteiger partial charge in [0.25, 0.3) is 0 Å². The maximum Gasteiger partial charge on any atom is 0.240 e. The van der Waals surface area contributed by atoms with E-state index in [0.717, 1.165) is 5.76 Å². The Labute approximate surface area is 83.5 Å². The highest BCUT2D eigenvalue weighted by Gasteiger charge is 2.24. The molecule has 0 aliphatic heterocycles. The first-order valence-corrected chi connectivity index (χ1v) is 4.54. The van der Waals surface area contributed by atoms with Crippen molar-refractivity contribution in [2.75, 3.05) is 0 Å². The van der Waals surface area contributed by atoms with Crippen LogP contribution in [-0.2, 0) is 4.79 Å². The molecule has 1 amide bonds. The standard InChI is InChI=1S/C10H16N2O2/c1-7(8-5-4-6-14-8)12-9(13)10(2,3)11/h4-7H,11H2,1-3H3,(H,12,13)/t7-/m0/s1. The van der Waals surface area contributed by atoms with Crippen LogP contribution in [0.5, 0.6) is 0 Å². The molecule has 4 nitrogen and oxygen atoms in total. The summed E-state index contributed by atoms with van der Waals surface area (Å²) in [4.78, 5) is 11.5. The average molecular weight is 196 g/mol. The predicted octanol–water partition coefficient (Wildman–Crippen LogP) is 1.19. The fourth-order valence-corrected chi connectivity index (χ4v) is 0.991. The van der Waals surface area contributed by atoms with Crippen molar-refractivity contribution in [3.05, 3.63) is 24.2 Å². The Hall–Kier alpha value is -1.29. The third kappa shape index (κ3) is 2.60. The van der Waals surface area contributed by atoms with Gasteiger partial charge in [-0.05, 0) is 32.9 Å². The smallest absolute Gasteiger partial charge is 0.240 e. The van der Waals surface area contributed by atoms with Gasteiger partial charge in [0.1, 0.15) is 5.76 Å². The molecule has 0 radical (unpaired) electrons. The van der Waals surface area contributed by atoms with Crippen LogP contribution in [0.2, 0.25) is 0 Å². The molecule has 1 atom stereocenters. The Morgan fingerprint density at radius 3 is 2.71 bits per heavy atom. The molecule has 14 heavy (non-hydrogen) atoms. The minimum Gasteiger partial charge on any atom is -0.467 e. The Bertz CT molecular complexity index is 298.